The highest BCUT2D eigenvalue weighted by Crippen LogP contribution is 2.45. The molecule has 10 heteroatoms. The summed E-state index contributed by atoms with van der Waals surface area (Å²) in [7, 11) is 0. The third kappa shape index (κ3) is 3.75. The van der Waals surface area contributed by atoms with Gasteiger partial charge in [-0.25, -0.2) is 0 Å². The topological polar surface area (TPSA) is 65.8 Å². The number of hydrogen-bond acceptors (Lipinski definition) is 5. The maximum atomic E-state index is 13.8. The molecule has 0 radical (unpaired) electrons. The van der Waals surface area contributed by atoms with E-state index in [4.69, 9.17) is 0 Å². The Bertz CT molecular complexity index is 1380. The van der Waals surface area contributed by atoms with E-state index in [1.165, 1.54) is 10.9 Å². The number of alkyl halides is 3. The molecule has 2 atom stereocenters. The van der Waals surface area contributed by atoms with E-state index < -0.39 is 47.7 Å². The first-order valence-electron chi connectivity index (χ1n) is 11.4. The predicted octanol–water partition coefficient (Wildman–Crippen LogP) is 4.87. The van der Waals surface area contributed by atoms with E-state index in [-0.39, 0.29) is 0 Å². The second-order valence-corrected chi connectivity index (χ2v) is 10.1. The van der Waals surface area contributed by atoms with E-state index in [2.05, 4.69) is 0 Å². The molecule has 1 amide bonds. The number of aromatic hydroxyl groups is 1. The molecule has 36 heavy (non-hydrogen) atoms. The van der Waals surface area contributed by atoms with Gasteiger partial charge in [-0.05, 0) is 48.6 Å². The van der Waals surface area contributed by atoms with Crippen LogP contribution in [0.25, 0.3) is 0 Å². The molecular weight excluding hydrogens is 491 g/mol. The first-order chi connectivity index (χ1) is 17.0. The van der Waals surface area contributed by atoms with Crippen molar-refractivity contribution in [1.82, 2.24) is 9.58 Å². The second-order valence-electron chi connectivity index (χ2n) is 9.12. The Kier molecular flexibility index (Phi) is 5.82. The van der Waals surface area contributed by atoms with Crippen LogP contribution in [0.15, 0.2) is 58.4 Å². The lowest BCUT2D eigenvalue weighted by Crippen LogP contribution is -2.60. The van der Waals surface area contributed by atoms with Crippen molar-refractivity contribution in [2.45, 2.75) is 49.7 Å². The number of thioether (sulfide) groups is 1. The normalized spacial score (nSPS) is 18.3. The largest absolute Gasteiger partial charge is 0.502 e. The minimum absolute atomic E-state index is 0.398. The summed E-state index contributed by atoms with van der Waals surface area (Å²) >= 11 is 1.66. The Morgan fingerprint density at radius 1 is 1.03 bits per heavy atom. The van der Waals surface area contributed by atoms with Crippen molar-refractivity contribution in [2.24, 2.45) is 0 Å². The number of aryl methyl sites for hydroxylation is 2. The number of rotatable bonds is 2. The molecule has 188 valence electrons. The Morgan fingerprint density at radius 2 is 1.69 bits per heavy atom. The van der Waals surface area contributed by atoms with E-state index in [9.17, 15) is 27.9 Å². The van der Waals surface area contributed by atoms with Crippen LogP contribution in [0.4, 0.5) is 13.2 Å². The monoisotopic (exact) mass is 515 g/mol. The van der Waals surface area contributed by atoms with Gasteiger partial charge in [0, 0.05) is 22.9 Å². The third-order valence-electron chi connectivity index (χ3n) is 6.97. The van der Waals surface area contributed by atoms with Crippen LogP contribution in [0.5, 0.6) is 5.75 Å². The molecule has 0 bridgehead atoms. The molecule has 3 aromatic rings. The molecular formula is C26H24F3N3O3S. The lowest BCUT2D eigenvalue weighted by Gasteiger charge is -2.46. The summed E-state index contributed by atoms with van der Waals surface area (Å²) in [6, 6.07) is 10.1. The van der Waals surface area contributed by atoms with E-state index in [1.807, 2.05) is 50.2 Å². The van der Waals surface area contributed by atoms with Crippen LogP contribution in [0.2, 0.25) is 0 Å². The zero-order valence-corrected chi connectivity index (χ0v) is 20.7. The maximum Gasteiger partial charge on any atom is 0.408 e. The highest BCUT2D eigenvalue weighted by atomic mass is 32.2. The molecule has 0 spiro atoms. The summed E-state index contributed by atoms with van der Waals surface area (Å²) in [5, 5.41) is 12.2. The summed E-state index contributed by atoms with van der Waals surface area (Å²) in [6.45, 7) is 4.49. The zero-order valence-electron chi connectivity index (χ0n) is 19.8. The minimum atomic E-state index is -4.70. The van der Waals surface area contributed by atoms with Crippen molar-refractivity contribution >= 4 is 17.7 Å². The lowest BCUT2D eigenvalue weighted by molar-refractivity contribution is -0.173. The van der Waals surface area contributed by atoms with Gasteiger partial charge in [-0.15, -0.1) is 11.8 Å². The molecule has 0 saturated heterocycles. The molecule has 0 aliphatic carbocycles. The van der Waals surface area contributed by atoms with Crippen molar-refractivity contribution in [2.75, 3.05) is 11.7 Å². The van der Waals surface area contributed by atoms with E-state index in [0.29, 0.717) is 10.7 Å². The van der Waals surface area contributed by atoms with Gasteiger partial charge in [-0.3, -0.25) is 19.3 Å². The Labute approximate surface area is 209 Å². The summed E-state index contributed by atoms with van der Waals surface area (Å²) in [4.78, 5) is 27.2. The second kappa shape index (κ2) is 8.62. The van der Waals surface area contributed by atoms with Crippen LogP contribution in [-0.4, -0.2) is 39.5 Å². The smallest absolute Gasteiger partial charge is 0.408 e. The fourth-order valence-corrected chi connectivity index (χ4v) is 6.26. The lowest BCUT2D eigenvalue weighted by atomic mass is 9.91. The van der Waals surface area contributed by atoms with Gasteiger partial charge in [-0.2, -0.15) is 13.2 Å². The van der Waals surface area contributed by atoms with Gasteiger partial charge in [0.25, 0.3) is 5.91 Å². The maximum absolute atomic E-state index is 13.8. The zero-order chi connectivity index (χ0) is 25.9. The molecule has 1 N–H and O–H groups in total. The average Bonchev–Trinajstić information content (AvgIpc) is 2.99. The first-order valence-corrected chi connectivity index (χ1v) is 12.4. The Morgan fingerprint density at radius 3 is 2.39 bits per heavy atom. The molecule has 2 aliphatic rings. The SMILES string of the molecule is Cc1cccc2c1CSc1c(C)cccc1[C@@H]2N1CN([C@H](C)C(F)(F)F)C(=O)c2c(O)c(=O)ccn21. The van der Waals surface area contributed by atoms with Crippen LogP contribution in [0, 0.1) is 13.8 Å². The van der Waals surface area contributed by atoms with Crippen molar-refractivity contribution in [3.05, 3.63) is 92.4 Å². The summed E-state index contributed by atoms with van der Waals surface area (Å²) < 4.78 is 42.8. The Hall–Kier alpha value is -3.40. The molecule has 0 saturated carbocycles. The van der Waals surface area contributed by atoms with Gasteiger partial charge < -0.3 is 10.0 Å². The summed E-state index contributed by atoms with van der Waals surface area (Å²) in [5.74, 6) is -1.25. The van der Waals surface area contributed by atoms with Gasteiger partial charge in [0.05, 0.1) is 6.04 Å². The van der Waals surface area contributed by atoms with Gasteiger partial charge >= 0.3 is 6.18 Å². The standard InChI is InChI=1S/C26H24F3N3O3S/c1-14-6-4-8-17-19(14)12-36-24-15(2)7-5-9-18(24)21(17)32-13-30(16(3)26(27,28)29)25(35)22-23(34)20(33)10-11-31(22)32/h4-11,16,21,34H,12-13H2,1-3H3/t16-,21-/m1/s1. The van der Waals surface area contributed by atoms with E-state index >= 15 is 0 Å². The number of aromatic nitrogens is 1. The van der Waals surface area contributed by atoms with Crippen molar-refractivity contribution < 1.29 is 23.1 Å². The molecule has 1 aromatic heterocycles. The van der Waals surface area contributed by atoms with Crippen LogP contribution in [-0.2, 0) is 5.75 Å². The Balaban J connectivity index is 1.81. The van der Waals surface area contributed by atoms with Crippen molar-refractivity contribution in [1.29, 1.82) is 0 Å². The van der Waals surface area contributed by atoms with E-state index in [1.54, 1.807) is 16.8 Å². The molecule has 0 fully saturated rings. The predicted molar refractivity (Wildman–Crippen MR) is 131 cm³/mol. The van der Waals surface area contributed by atoms with Crippen molar-refractivity contribution in [3.63, 3.8) is 0 Å². The molecule has 0 unspecified atom stereocenters. The number of benzene rings is 2. The molecule has 5 rings (SSSR count). The number of amides is 1. The number of nitrogens with zero attached hydrogens (tertiary/aromatic N) is 3. The van der Waals surface area contributed by atoms with E-state index in [0.717, 1.165) is 45.7 Å². The molecule has 2 aliphatic heterocycles. The summed E-state index contributed by atoms with van der Waals surface area (Å²) in [5.41, 5.74) is 3.59. The first kappa shape index (κ1) is 24.3. The third-order valence-corrected chi connectivity index (χ3v) is 8.25. The van der Waals surface area contributed by atoms with Crippen molar-refractivity contribution in [3.8, 4) is 5.75 Å². The number of carbonyl (C=O) groups is 1. The van der Waals surface area contributed by atoms with Gasteiger partial charge in [0.15, 0.2) is 11.4 Å². The number of fused-ring (bicyclic) bond motifs is 3. The number of halogens is 3. The highest BCUT2D eigenvalue weighted by molar-refractivity contribution is 7.98. The average molecular weight is 516 g/mol. The highest BCUT2D eigenvalue weighted by Gasteiger charge is 2.47. The fourth-order valence-electron chi connectivity index (χ4n) is 4.93. The molecule has 6 nitrogen and oxygen atoms in total. The molecule has 2 aromatic carbocycles. The fraction of sp³-hybridized carbons (Fsp3) is 0.308. The minimum Gasteiger partial charge on any atom is -0.502 e. The van der Waals surface area contributed by atoms with Gasteiger partial charge in [0.2, 0.25) is 5.43 Å². The number of pyridine rings is 1. The number of carbonyl (C=O) groups excluding carboxylic acids is 1. The van der Waals surface area contributed by atoms with Crippen LogP contribution in [0.3, 0.4) is 0 Å². The van der Waals surface area contributed by atoms with Crippen LogP contribution in [0.1, 0.15) is 51.3 Å². The van der Waals surface area contributed by atoms with Gasteiger partial charge in [-0.1, -0.05) is 36.4 Å². The van der Waals surface area contributed by atoms with Crippen LogP contribution >= 0.6 is 11.8 Å². The summed E-state index contributed by atoms with van der Waals surface area (Å²) in [6.07, 6.45) is -3.36. The number of hydrogen-bond donors (Lipinski definition) is 1. The quantitative estimate of drug-likeness (QED) is 0.528. The van der Waals surface area contributed by atoms with Crippen LogP contribution < -0.4 is 10.4 Å². The molecule has 3 heterocycles. The van der Waals surface area contributed by atoms with Gasteiger partial charge in [0.1, 0.15) is 12.7 Å².